The van der Waals surface area contributed by atoms with Crippen LogP contribution >= 0.6 is 27.3 Å². The molecule has 0 fully saturated rings. The molecule has 0 bridgehead atoms. The van der Waals surface area contributed by atoms with Crippen LogP contribution in [0.4, 0.5) is 5.13 Å². The van der Waals surface area contributed by atoms with E-state index in [1.807, 2.05) is 11.6 Å². The van der Waals surface area contributed by atoms with Gasteiger partial charge in [0.15, 0.2) is 9.74 Å². The van der Waals surface area contributed by atoms with Crippen molar-refractivity contribution in [3.05, 3.63) is 16.1 Å². The number of hydrogen-bond donors (Lipinski definition) is 1. The standard InChI is InChI=1S/C6H7BrN6S/c1-13-3-9-10-4(13)2-8-6-12-11-5(7)14-6/h3H,2H2,1H3,(H,8,12). The van der Waals surface area contributed by atoms with Gasteiger partial charge in [0.25, 0.3) is 0 Å². The van der Waals surface area contributed by atoms with E-state index >= 15 is 0 Å². The first kappa shape index (κ1) is 9.53. The van der Waals surface area contributed by atoms with E-state index in [2.05, 4.69) is 41.6 Å². The van der Waals surface area contributed by atoms with Gasteiger partial charge >= 0.3 is 0 Å². The Bertz CT molecular complexity index is 423. The molecule has 0 aliphatic carbocycles. The molecule has 6 nitrogen and oxygen atoms in total. The molecule has 8 heteroatoms. The molecule has 0 saturated heterocycles. The number of halogens is 1. The number of hydrogen-bond acceptors (Lipinski definition) is 6. The summed E-state index contributed by atoms with van der Waals surface area (Å²) in [6.45, 7) is 0.595. The van der Waals surface area contributed by atoms with Crippen LogP contribution < -0.4 is 5.32 Å². The second-order valence-electron chi connectivity index (χ2n) is 2.57. The third-order valence-corrected chi connectivity index (χ3v) is 2.92. The molecule has 2 aromatic rings. The van der Waals surface area contributed by atoms with Gasteiger partial charge in [-0.05, 0) is 15.9 Å². The zero-order chi connectivity index (χ0) is 9.97. The molecule has 0 unspecified atom stereocenters. The van der Waals surface area contributed by atoms with E-state index in [0.29, 0.717) is 6.54 Å². The average molecular weight is 275 g/mol. The van der Waals surface area contributed by atoms with Crippen molar-refractivity contribution in [2.75, 3.05) is 5.32 Å². The average Bonchev–Trinajstić information content (AvgIpc) is 2.72. The summed E-state index contributed by atoms with van der Waals surface area (Å²) in [5, 5.41) is 19.3. The van der Waals surface area contributed by atoms with Crippen LogP contribution in [0.1, 0.15) is 5.82 Å². The van der Waals surface area contributed by atoms with Crippen molar-refractivity contribution >= 4 is 32.4 Å². The fourth-order valence-corrected chi connectivity index (χ4v) is 1.91. The fraction of sp³-hybridized carbons (Fsp3) is 0.333. The number of anilines is 1. The Labute approximate surface area is 92.5 Å². The molecule has 0 amide bonds. The quantitative estimate of drug-likeness (QED) is 0.906. The van der Waals surface area contributed by atoms with Crippen molar-refractivity contribution in [1.29, 1.82) is 0 Å². The van der Waals surface area contributed by atoms with Crippen molar-refractivity contribution in [3.63, 3.8) is 0 Å². The van der Waals surface area contributed by atoms with Crippen molar-refractivity contribution in [2.24, 2.45) is 7.05 Å². The van der Waals surface area contributed by atoms with E-state index in [0.717, 1.165) is 14.9 Å². The molecule has 2 heterocycles. The zero-order valence-corrected chi connectivity index (χ0v) is 9.71. The summed E-state index contributed by atoms with van der Waals surface area (Å²) in [6, 6.07) is 0. The molecule has 2 aromatic heterocycles. The van der Waals surface area contributed by atoms with Crippen LogP contribution in [0.5, 0.6) is 0 Å². The molecule has 0 atom stereocenters. The van der Waals surface area contributed by atoms with E-state index < -0.39 is 0 Å². The van der Waals surface area contributed by atoms with Gasteiger partial charge < -0.3 is 9.88 Å². The molecule has 0 aliphatic heterocycles. The first-order valence-electron chi connectivity index (χ1n) is 3.81. The normalized spacial score (nSPS) is 10.4. The number of nitrogens with one attached hydrogen (secondary N) is 1. The van der Waals surface area contributed by atoms with E-state index in [9.17, 15) is 0 Å². The summed E-state index contributed by atoms with van der Waals surface area (Å²) in [6.07, 6.45) is 1.66. The van der Waals surface area contributed by atoms with Crippen LogP contribution in [0.25, 0.3) is 0 Å². The smallest absolute Gasteiger partial charge is 0.206 e. The van der Waals surface area contributed by atoms with Crippen LogP contribution in [0.3, 0.4) is 0 Å². The first-order chi connectivity index (χ1) is 6.75. The Morgan fingerprint density at radius 2 is 2.36 bits per heavy atom. The number of aromatic nitrogens is 5. The maximum atomic E-state index is 3.93. The SMILES string of the molecule is Cn1cnnc1CNc1nnc(Br)s1. The highest BCUT2D eigenvalue weighted by Gasteiger charge is 2.03. The van der Waals surface area contributed by atoms with Gasteiger partial charge in [-0.2, -0.15) is 0 Å². The minimum absolute atomic E-state index is 0.595. The highest BCUT2D eigenvalue weighted by atomic mass is 79.9. The van der Waals surface area contributed by atoms with Gasteiger partial charge in [0.2, 0.25) is 5.13 Å². The molecule has 0 aliphatic rings. The first-order valence-corrected chi connectivity index (χ1v) is 5.42. The lowest BCUT2D eigenvalue weighted by Crippen LogP contribution is -2.05. The van der Waals surface area contributed by atoms with Crippen molar-refractivity contribution < 1.29 is 0 Å². The Balaban J connectivity index is 1.98. The summed E-state index contributed by atoms with van der Waals surface area (Å²) in [4.78, 5) is 0. The van der Waals surface area contributed by atoms with Crippen molar-refractivity contribution in [2.45, 2.75) is 6.54 Å². The maximum Gasteiger partial charge on any atom is 0.206 e. The van der Waals surface area contributed by atoms with Crippen molar-refractivity contribution in [1.82, 2.24) is 25.0 Å². The van der Waals surface area contributed by atoms with Gasteiger partial charge in [0.1, 0.15) is 6.33 Å². The van der Waals surface area contributed by atoms with Crippen LogP contribution in [-0.4, -0.2) is 25.0 Å². The topological polar surface area (TPSA) is 68.5 Å². The monoisotopic (exact) mass is 274 g/mol. The molecule has 2 rings (SSSR count). The molecule has 0 spiro atoms. The van der Waals surface area contributed by atoms with Crippen LogP contribution in [-0.2, 0) is 13.6 Å². The van der Waals surface area contributed by atoms with Gasteiger partial charge in [0, 0.05) is 7.05 Å². The van der Waals surface area contributed by atoms with Gasteiger partial charge in [0.05, 0.1) is 6.54 Å². The molecular weight excluding hydrogens is 268 g/mol. The summed E-state index contributed by atoms with van der Waals surface area (Å²) in [7, 11) is 1.90. The molecule has 0 radical (unpaired) electrons. The summed E-state index contributed by atoms with van der Waals surface area (Å²) >= 11 is 4.68. The molecule has 0 aromatic carbocycles. The maximum absolute atomic E-state index is 3.93. The Hall–Kier alpha value is -1.02. The van der Waals surface area contributed by atoms with E-state index in [-0.39, 0.29) is 0 Å². The third-order valence-electron chi connectivity index (χ3n) is 1.60. The minimum Gasteiger partial charge on any atom is -0.353 e. The molecule has 14 heavy (non-hydrogen) atoms. The van der Waals surface area contributed by atoms with Gasteiger partial charge in [-0.15, -0.1) is 20.4 Å². The van der Waals surface area contributed by atoms with Gasteiger partial charge in [-0.3, -0.25) is 0 Å². The van der Waals surface area contributed by atoms with Crippen molar-refractivity contribution in [3.8, 4) is 0 Å². The second-order valence-corrected chi connectivity index (χ2v) is 4.83. The molecule has 74 valence electrons. The predicted octanol–water partition coefficient (Wildman–Crippen LogP) is 1.04. The number of nitrogens with zero attached hydrogens (tertiary/aromatic N) is 5. The summed E-state index contributed by atoms with van der Waals surface area (Å²) in [5.74, 6) is 0.858. The van der Waals surface area contributed by atoms with Crippen LogP contribution in [0.15, 0.2) is 10.2 Å². The van der Waals surface area contributed by atoms with E-state index in [4.69, 9.17) is 0 Å². The molecular formula is C6H7BrN6S. The minimum atomic E-state index is 0.595. The predicted molar refractivity (Wildman–Crippen MR) is 55.9 cm³/mol. The second kappa shape index (κ2) is 4.01. The Kier molecular flexibility index (Phi) is 2.73. The van der Waals surface area contributed by atoms with Gasteiger partial charge in [-0.1, -0.05) is 11.3 Å². The zero-order valence-electron chi connectivity index (χ0n) is 7.31. The fourth-order valence-electron chi connectivity index (χ4n) is 0.899. The third kappa shape index (κ3) is 2.07. The van der Waals surface area contributed by atoms with Crippen LogP contribution in [0, 0.1) is 0 Å². The van der Waals surface area contributed by atoms with E-state index in [1.165, 1.54) is 11.3 Å². The Morgan fingerprint density at radius 1 is 1.50 bits per heavy atom. The van der Waals surface area contributed by atoms with E-state index in [1.54, 1.807) is 6.33 Å². The Morgan fingerprint density at radius 3 is 2.93 bits per heavy atom. The molecule has 0 saturated carbocycles. The largest absolute Gasteiger partial charge is 0.353 e. The highest BCUT2D eigenvalue weighted by Crippen LogP contribution is 2.20. The lowest BCUT2D eigenvalue weighted by molar-refractivity contribution is 0.810. The van der Waals surface area contributed by atoms with Gasteiger partial charge in [-0.25, -0.2) is 0 Å². The highest BCUT2D eigenvalue weighted by molar-refractivity contribution is 9.11. The van der Waals surface area contributed by atoms with Crippen LogP contribution in [0.2, 0.25) is 0 Å². The number of rotatable bonds is 3. The molecule has 1 N–H and O–H groups in total. The summed E-state index contributed by atoms with van der Waals surface area (Å²) < 4.78 is 2.61. The summed E-state index contributed by atoms with van der Waals surface area (Å²) in [5.41, 5.74) is 0. The number of aryl methyl sites for hydroxylation is 1. The lowest BCUT2D eigenvalue weighted by Gasteiger charge is -1.99. The lowest BCUT2D eigenvalue weighted by atomic mass is 10.6.